The molecule has 22 heavy (non-hydrogen) atoms. The molecule has 7 nitrogen and oxygen atoms in total. The van der Waals surface area contributed by atoms with Gasteiger partial charge in [0.05, 0.1) is 0 Å². The topological polar surface area (TPSA) is 97.1 Å². The molecule has 0 aliphatic carbocycles. The number of rotatable bonds is 6. The van der Waals surface area contributed by atoms with Gasteiger partial charge < -0.3 is 10.4 Å². The predicted octanol–water partition coefficient (Wildman–Crippen LogP) is 1.50. The molecule has 7 heteroatoms. The molecule has 0 radical (unpaired) electrons. The van der Waals surface area contributed by atoms with Gasteiger partial charge in [0.1, 0.15) is 11.7 Å². The van der Waals surface area contributed by atoms with Gasteiger partial charge in [-0.25, -0.2) is 14.5 Å². The highest BCUT2D eigenvalue weighted by molar-refractivity contribution is 5.95. The lowest BCUT2D eigenvalue weighted by molar-refractivity contribution is -0.139. The normalized spacial score (nSPS) is 12.1. The van der Waals surface area contributed by atoms with Gasteiger partial charge in [-0.05, 0) is 30.5 Å². The van der Waals surface area contributed by atoms with E-state index in [0.717, 1.165) is 0 Å². The average molecular weight is 302 g/mol. The van der Waals surface area contributed by atoms with Crippen LogP contribution in [0.3, 0.4) is 0 Å². The molecular weight excluding hydrogens is 284 g/mol. The van der Waals surface area contributed by atoms with Crippen molar-refractivity contribution in [3.05, 3.63) is 42.4 Å². The molecule has 1 unspecified atom stereocenters. The zero-order valence-corrected chi connectivity index (χ0v) is 12.4. The SMILES string of the molecule is CC(C)CC(NC(=O)c1cccc(-n2cccn2)n1)C(=O)O. The Morgan fingerprint density at radius 1 is 1.32 bits per heavy atom. The summed E-state index contributed by atoms with van der Waals surface area (Å²) in [6.45, 7) is 3.80. The van der Waals surface area contributed by atoms with Crippen LogP contribution in [-0.4, -0.2) is 37.8 Å². The summed E-state index contributed by atoms with van der Waals surface area (Å²) < 4.78 is 1.53. The average Bonchev–Trinajstić information content (AvgIpc) is 3.00. The van der Waals surface area contributed by atoms with Crippen molar-refractivity contribution in [3.63, 3.8) is 0 Å². The van der Waals surface area contributed by atoms with Crippen molar-refractivity contribution in [2.75, 3.05) is 0 Å². The molecule has 0 aromatic carbocycles. The summed E-state index contributed by atoms with van der Waals surface area (Å²) >= 11 is 0. The lowest BCUT2D eigenvalue weighted by atomic mass is 10.0. The minimum atomic E-state index is -1.05. The number of amides is 1. The number of pyridine rings is 1. The fraction of sp³-hybridized carbons (Fsp3) is 0.333. The third kappa shape index (κ3) is 3.91. The molecule has 0 fully saturated rings. The van der Waals surface area contributed by atoms with Gasteiger partial charge >= 0.3 is 5.97 Å². The van der Waals surface area contributed by atoms with Crippen LogP contribution in [0.2, 0.25) is 0 Å². The Bertz CT molecular complexity index is 653. The van der Waals surface area contributed by atoms with Gasteiger partial charge in [0, 0.05) is 12.4 Å². The number of aliphatic carboxylic acids is 1. The Balaban J connectivity index is 2.15. The zero-order chi connectivity index (χ0) is 16.1. The minimum absolute atomic E-state index is 0.156. The maximum absolute atomic E-state index is 12.2. The van der Waals surface area contributed by atoms with E-state index in [0.29, 0.717) is 12.2 Å². The van der Waals surface area contributed by atoms with E-state index in [9.17, 15) is 14.7 Å². The second-order valence-electron chi connectivity index (χ2n) is 5.33. The number of carbonyl (C=O) groups is 2. The lowest BCUT2D eigenvalue weighted by Crippen LogP contribution is -2.42. The van der Waals surface area contributed by atoms with Crippen molar-refractivity contribution in [2.45, 2.75) is 26.3 Å². The van der Waals surface area contributed by atoms with E-state index < -0.39 is 17.9 Å². The van der Waals surface area contributed by atoms with Crippen molar-refractivity contribution in [1.29, 1.82) is 0 Å². The summed E-state index contributed by atoms with van der Waals surface area (Å²) in [6, 6.07) is 5.75. The van der Waals surface area contributed by atoms with Crippen LogP contribution in [0.5, 0.6) is 0 Å². The van der Waals surface area contributed by atoms with Crippen LogP contribution in [0.1, 0.15) is 30.8 Å². The van der Waals surface area contributed by atoms with Gasteiger partial charge in [0.15, 0.2) is 5.82 Å². The number of hydrogen-bond acceptors (Lipinski definition) is 4. The van der Waals surface area contributed by atoms with E-state index in [1.165, 1.54) is 10.7 Å². The molecule has 2 aromatic heterocycles. The molecule has 0 aliphatic heterocycles. The summed E-state index contributed by atoms with van der Waals surface area (Å²) in [4.78, 5) is 27.6. The van der Waals surface area contributed by atoms with Crippen molar-refractivity contribution >= 4 is 11.9 Å². The number of hydrogen-bond donors (Lipinski definition) is 2. The van der Waals surface area contributed by atoms with E-state index in [1.807, 2.05) is 13.8 Å². The lowest BCUT2D eigenvalue weighted by Gasteiger charge is -2.16. The molecule has 2 heterocycles. The molecule has 0 bridgehead atoms. The number of carboxylic acid groups (broad SMARTS) is 1. The monoisotopic (exact) mass is 302 g/mol. The third-order valence-electron chi connectivity index (χ3n) is 3.02. The second-order valence-corrected chi connectivity index (χ2v) is 5.33. The summed E-state index contributed by atoms with van der Waals surface area (Å²) in [6.07, 6.45) is 3.68. The Morgan fingerprint density at radius 3 is 2.68 bits per heavy atom. The summed E-state index contributed by atoms with van der Waals surface area (Å²) in [5.74, 6) is -0.912. The van der Waals surface area contributed by atoms with E-state index in [1.54, 1.807) is 30.6 Å². The van der Waals surface area contributed by atoms with Gasteiger partial charge in [-0.1, -0.05) is 19.9 Å². The fourth-order valence-corrected chi connectivity index (χ4v) is 2.01. The molecule has 0 spiro atoms. The largest absolute Gasteiger partial charge is 0.480 e. The van der Waals surface area contributed by atoms with Crippen molar-refractivity contribution in [2.24, 2.45) is 5.92 Å². The van der Waals surface area contributed by atoms with Crippen molar-refractivity contribution in [1.82, 2.24) is 20.1 Å². The molecule has 2 aromatic rings. The first kappa shape index (κ1) is 15.7. The Labute approximate surface area is 128 Å². The number of carboxylic acids is 1. The van der Waals surface area contributed by atoms with Crippen LogP contribution < -0.4 is 5.32 Å². The number of aromatic nitrogens is 3. The minimum Gasteiger partial charge on any atom is -0.480 e. The van der Waals surface area contributed by atoms with Crippen molar-refractivity contribution in [3.8, 4) is 5.82 Å². The molecule has 0 aliphatic rings. The maximum Gasteiger partial charge on any atom is 0.326 e. The zero-order valence-electron chi connectivity index (χ0n) is 12.4. The molecule has 1 atom stereocenters. The number of nitrogens with zero attached hydrogens (tertiary/aromatic N) is 3. The van der Waals surface area contributed by atoms with Crippen LogP contribution in [0.25, 0.3) is 5.82 Å². The van der Waals surface area contributed by atoms with Gasteiger partial charge in [-0.3, -0.25) is 4.79 Å². The van der Waals surface area contributed by atoms with E-state index in [2.05, 4.69) is 15.4 Å². The smallest absolute Gasteiger partial charge is 0.326 e. The Morgan fingerprint density at radius 2 is 2.09 bits per heavy atom. The molecule has 2 N–H and O–H groups in total. The van der Waals surface area contributed by atoms with Crippen LogP contribution in [-0.2, 0) is 4.79 Å². The summed E-state index contributed by atoms with van der Waals surface area (Å²) in [5.41, 5.74) is 0.156. The second kappa shape index (κ2) is 6.84. The molecular formula is C15H18N4O3. The highest BCUT2D eigenvalue weighted by Gasteiger charge is 2.22. The standard InChI is InChI=1S/C15H18N4O3/c1-10(2)9-12(15(21)22)18-14(20)11-5-3-6-13(17-11)19-8-4-7-16-19/h3-8,10,12H,9H2,1-2H3,(H,18,20)(H,21,22). The van der Waals surface area contributed by atoms with E-state index in [-0.39, 0.29) is 11.6 Å². The van der Waals surface area contributed by atoms with Crippen LogP contribution >= 0.6 is 0 Å². The molecule has 0 saturated carbocycles. The molecule has 2 rings (SSSR count). The van der Waals surface area contributed by atoms with Gasteiger partial charge in [-0.2, -0.15) is 5.10 Å². The quantitative estimate of drug-likeness (QED) is 0.842. The highest BCUT2D eigenvalue weighted by atomic mass is 16.4. The van der Waals surface area contributed by atoms with Gasteiger partial charge in [-0.15, -0.1) is 0 Å². The number of carbonyl (C=O) groups excluding carboxylic acids is 1. The first-order valence-corrected chi connectivity index (χ1v) is 6.98. The summed E-state index contributed by atoms with van der Waals surface area (Å²) in [7, 11) is 0. The number of nitrogens with one attached hydrogen (secondary N) is 1. The first-order chi connectivity index (χ1) is 10.5. The molecule has 116 valence electrons. The first-order valence-electron chi connectivity index (χ1n) is 6.98. The summed E-state index contributed by atoms with van der Waals surface area (Å²) in [5, 5.41) is 15.7. The third-order valence-corrected chi connectivity index (χ3v) is 3.02. The highest BCUT2D eigenvalue weighted by Crippen LogP contribution is 2.08. The maximum atomic E-state index is 12.2. The molecule has 0 saturated heterocycles. The van der Waals surface area contributed by atoms with Gasteiger partial charge in [0.25, 0.3) is 5.91 Å². The van der Waals surface area contributed by atoms with Crippen LogP contribution in [0.4, 0.5) is 0 Å². The van der Waals surface area contributed by atoms with E-state index in [4.69, 9.17) is 0 Å². The van der Waals surface area contributed by atoms with E-state index >= 15 is 0 Å². The Kier molecular flexibility index (Phi) is 4.88. The Hall–Kier alpha value is -2.70. The van der Waals surface area contributed by atoms with Crippen LogP contribution in [0.15, 0.2) is 36.7 Å². The van der Waals surface area contributed by atoms with Crippen molar-refractivity contribution < 1.29 is 14.7 Å². The fourth-order valence-electron chi connectivity index (χ4n) is 2.01. The van der Waals surface area contributed by atoms with Gasteiger partial charge in [0.2, 0.25) is 0 Å². The van der Waals surface area contributed by atoms with Crippen LogP contribution in [0, 0.1) is 5.92 Å². The predicted molar refractivity (Wildman–Crippen MR) is 79.7 cm³/mol. The molecule has 1 amide bonds.